The topological polar surface area (TPSA) is 18.5 Å². The van der Waals surface area contributed by atoms with Crippen LogP contribution in [0.3, 0.4) is 0 Å². The van der Waals surface area contributed by atoms with Crippen LogP contribution in [0.15, 0.2) is 0 Å². The van der Waals surface area contributed by atoms with E-state index in [0.717, 1.165) is 26.1 Å². The van der Waals surface area contributed by atoms with Crippen LogP contribution in [0, 0.1) is 12.3 Å². The first-order valence-corrected chi connectivity index (χ1v) is 6.50. The van der Waals surface area contributed by atoms with Crippen molar-refractivity contribution in [1.29, 1.82) is 0 Å². The van der Waals surface area contributed by atoms with Gasteiger partial charge in [0, 0.05) is 19.6 Å². The smallest absolute Gasteiger partial charge is 0.146 e. The third-order valence-corrected chi connectivity index (χ3v) is 2.48. The van der Waals surface area contributed by atoms with E-state index in [4.69, 9.17) is 15.9 Å². The first kappa shape index (κ1) is 15.5. The summed E-state index contributed by atoms with van der Waals surface area (Å²) in [6.07, 6.45) is 15.0. The lowest BCUT2D eigenvalue weighted by Gasteiger charge is -2.04. The standard InChI is InChI=1S/C14H26O2/c1-3-5-6-7-8-9-10-11-12-13-16-14-15-4-2/h1H,4-14H2,2H3. The van der Waals surface area contributed by atoms with Crippen molar-refractivity contribution in [2.24, 2.45) is 0 Å². The SMILES string of the molecule is C#CCCCCCCCCCOCOCC. The van der Waals surface area contributed by atoms with E-state index in [-0.39, 0.29) is 0 Å². The fourth-order valence-corrected chi connectivity index (χ4v) is 1.52. The summed E-state index contributed by atoms with van der Waals surface area (Å²) in [5, 5.41) is 0. The zero-order valence-electron chi connectivity index (χ0n) is 10.7. The molecule has 0 bridgehead atoms. The van der Waals surface area contributed by atoms with Crippen molar-refractivity contribution >= 4 is 0 Å². The fraction of sp³-hybridized carbons (Fsp3) is 0.857. The van der Waals surface area contributed by atoms with Crippen LogP contribution < -0.4 is 0 Å². The Labute approximate surface area is 101 Å². The van der Waals surface area contributed by atoms with Crippen molar-refractivity contribution in [3.63, 3.8) is 0 Å². The molecule has 0 aromatic carbocycles. The molecular formula is C14H26O2. The zero-order valence-corrected chi connectivity index (χ0v) is 10.7. The van der Waals surface area contributed by atoms with Crippen LogP contribution >= 0.6 is 0 Å². The average molecular weight is 226 g/mol. The summed E-state index contributed by atoms with van der Waals surface area (Å²) in [7, 11) is 0. The van der Waals surface area contributed by atoms with E-state index in [9.17, 15) is 0 Å². The van der Waals surface area contributed by atoms with Gasteiger partial charge in [0.1, 0.15) is 6.79 Å². The molecule has 0 radical (unpaired) electrons. The molecule has 0 rings (SSSR count). The second-order valence-electron chi connectivity index (χ2n) is 3.95. The van der Waals surface area contributed by atoms with Crippen LogP contribution in [0.1, 0.15) is 58.3 Å². The van der Waals surface area contributed by atoms with E-state index in [1.165, 1.54) is 38.5 Å². The molecule has 2 nitrogen and oxygen atoms in total. The highest BCUT2D eigenvalue weighted by molar-refractivity contribution is 4.82. The largest absolute Gasteiger partial charge is 0.356 e. The summed E-state index contributed by atoms with van der Waals surface area (Å²) < 4.78 is 10.4. The maximum Gasteiger partial charge on any atom is 0.146 e. The van der Waals surface area contributed by atoms with E-state index >= 15 is 0 Å². The Bertz CT molecular complexity index is 161. The molecule has 0 aromatic rings. The molecule has 0 aliphatic rings. The zero-order chi connectivity index (χ0) is 11.9. The van der Waals surface area contributed by atoms with E-state index < -0.39 is 0 Å². The molecule has 0 heterocycles. The van der Waals surface area contributed by atoms with Crippen molar-refractivity contribution in [3.05, 3.63) is 0 Å². The van der Waals surface area contributed by atoms with Crippen molar-refractivity contribution < 1.29 is 9.47 Å². The quantitative estimate of drug-likeness (QED) is 0.287. The number of hydrogen-bond donors (Lipinski definition) is 0. The predicted molar refractivity (Wildman–Crippen MR) is 68.2 cm³/mol. The highest BCUT2D eigenvalue weighted by atomic mass is 16.7. The summed E-state index contributed by atoms with van der Waals surface area (Å²) in [5.74, 6) is 2.67. The van der Waals surface area contributed by atoms with Crippen LogP contribution in [-0.2, 0) is 9.47 Å². The lowest BCUT2D eigenvalue weighted by molar-refractivity contribution is -0.0502. The summed E-state index contributed by atoms with van der Waals surface area (Å²) in [6, 6.07) is 0. The highest BCUT2D eigenvalue weighted by Crippen LogP contribution is 2.08. The average Bonchev–Trinajstić information content (AvgIpc) is 2.31. The van der Waals surface area contributed by atoms with Gasteiger partial charge >= 0.3 is 0 Å². The number of hydrogen-bond acceptors (Lipinski definition) is 2. The van der Waals surface area contributed by atoms with Gasteiger partial charge in [0.15, 0.2) is 0 Å². The van der Waals surface area contributed by atoms with Crippen molar-refractivity contribution in [2.45, 2.75) is 58.3 Å². The van der Waals surface area contributed by atoms with Crippen molar-refractivity contribution in [3.8, 4) is 12.3 Å². The summed E-state index contributed by atoms with van der Waals surface area (Å²) in [6.45, 7) is 3.99. The Balaban J connectivity index is 2.86. The number of terminal acetylenes is 1. The Kier molecular flexibility index (Phi) is 14.0. The molecule has 0 aliphatic carbocycles. The van der Waals surface area contributed by atoms with Gasteiger partial charge in [-0.1, -0.05) is 32.1 Å². The minimum atomic E-state index is 0.447. The fourth-order valence-electron chi connectivity index (χ4n) is 1.52. The molecule has 0 atom stereocenters. The summed E-state index contributed by atoms with van der Waals surface area (Å²) >= 11 is 0. The Morgan fingerprint density at radius 2 is 1.50 bits per heavy atom. The van der Waals surface area contributed by atoms with Gasteiger partial charge in [0.05, 0.1) is 0 Å². The molecule has 0 saturated carbocycles. The van der Waals surface area contributed by atoms with E-state index in [2.05, 4.69) is 5.92 Å². The number of ether oxygens (including phenoxy) is 2. The van der Waals surface area contributed by atoms with Crippen LogP contribution in [0.5, 0.6) is 0 Å². The summed E-state index contributed by atoms with van der Waals surface area (Å²) in [5.41, 5.74) is 0. The van der Waals surface area contributed by atoms with Gasteiger partial charge in [-0.15, -0.1) is 12.3 Å². The van der Waals surface area contributed by atoms with Crippen LogP contribution in [0.2, 0.25) is 0 Å². The molecule has 0 amide bonds. The first-order valence-electron chi connectivity index (χ1n) is 6.50. The maximum atomic E-state index is 5.29. The Morgan fingerprint density at radius 1 is 0.875 bits per heavy atom. The number of unbranched alkanes of at least 4 members (excludes halogenated alkanes) is 7. The summed E-state index contributed by atoms with van der Waals surface area (Å²) in [4.78, 5) is 0. The molecule has 0 N–H and O–H groups in total. The third-order valence-electron chi connectivity index (χ3n) is 2.48. The van der Waals surface area contributed by atoms with Crippen molar-refractivity contribution in [1.82, 2.24) is 0 Å². The second-order valence-corrected chi connectivity index (χ2v) is 3.95. The molecule has 2 heteroatoms. The van der Waals surface area contributed by atoms with E-state index in [1.807, 2.05) is 6.92 Å². The van der Waals surface area contributed by atoms with Gasteiger partial charge < -0.3 is 9.47 Å². The second kappa shape index (κ2) is 14.5. The highest BCUT2D eigenvalue weighted by Gasteiger charge is 1.92. The molecule has 16 heavy (non-hydrogen) atoms. The van der Waals surface area contributed by atoms with E-state index in [1.54, 1.807) is 0 Å². The van der Waals surface area contributed by atoms with E-state index in [0.29, 0.717) is 6.79 Å². The minimum Gasteiger partial charge on any atom is -0.356 e. The molecule has 0 spiro atoms. The van der Waals surface area contributed by atoms with Gasteiger partial charge in [-0.3, -0.25) is 0 Å². The lowest BCUT2D eigenvalue weighted by Crippen LogP contribution is -2.00. The maximum absolute atomic E-state index is 5.29. The molecule has 0 fully saturated rings. The Morgan fingerprint density at radius 3 is 2.12 bits per heavy atom. The van der Waals surface area contributed by atoms with Crippen molar-refractivity contribution in [2.75, 3.05) is 20.0 Å². The predicted octanol–water partition coefficient (Wildman–Crippen LogP) is 3.75. The first-order chi connectivity index (χ1) is 7.91. The number of rotatable bonds is 12. The normalized spacial score (nSPS) is 10.2. The van der Waals surface area contributed by atoms with Gasteiger partial charge in [0.2, 0.25) is 0 Å². The lowest BCUT2D eigenvalue weighted by atomic mass is 10.1. The minimum absolute atomic E-state index is 0.447. The molecule has 94 valence electrons. The van der Waals surface area contributed by atoms with Crippen LogP contribution in [-0.4, -0.2) is 20.0 Å². The molecular weight excluding hydrogens is 200 g/mol. The third kappa shape index (κ3) is 13.5. The molecule has 0 saturated heterocycles. The van der Waals surface area contributed by atoms with Gasteiger partial charge in [-0.2, -0.15) is 0 Å². The molecule has 0 aliphatic heterocycles. The monoisotopic (exact) mass is 226 g/mol. The van der Waals surface area contributed by atoms with Crippen LogP contribution in [0.25, 0.3) is 0 Å². The Hall–Kier alpha value is -0.520. The van der Waals surface area contributed by atoms with Gasteiger partial charge in [0.25, 0.3) is 0 Å². The van der Waals surface area contributed by atoms with Crippen LogP contribution in [0.4, 0.5) is 0 Å². The molecule has 0 aromatic heterocycles. The molecule has 0 unspecified atom stereocenters. The van der Waals surface area contributed by atoms with Gasteiger partial charge in [-0.25, -0.2) is 0 Å². The van der Waals surface area contributed by atoms with Gasteiger partial charge in [-0.05, 0) is 19.8 Å².